The highest BCUT2D eigenvalue weighted by molar-refractivity contribution is 5.98. The van der Waals surface area contributed by atoms with Crippen LogP contribution in [-0.4, -0.2) is 34.8 Å². The number of carboxylic acid groups (broad SMARTS) is 1. The number of hydrogen-bond acceptors (Lipinski definition) is 4. The fourth-order valence-corrected chi connectivity index (χ4v) is 4.87. The number of carbonyl (C=O) groups is 1. The van der Waals surface area contributed by atoms with E-state index in [1.165, 1.54) is 12.3 Å². The molecule has 0 unspecified atom stereocenters. The molecule has 28 heavy (non-hydrogen) atoms. The van der Waals surface area contributed by atoms with Crippen LogP contribution in [0.5, 0.6) is 0 Å². The first-order valence-corrected chi connectivity index (χ1v) is 9.79. The predicted molar refractivity (Wildman–Crippen MR) is 105 cm³/mol. The van der Waals surface area contributed by atoms with Crippen LogP contribution >= 0.6 is 0 Å². The van der Waals surface area contributed by atoms with Gasteiger partial charge in [0.1, 0.15) is 11.4 Å². The van der Waals surface area contributed by atoms with Crippen molar-refractivity contribution in [2.75, 3.05) is 18.0 Å². The van der Waals surface area contributed by atoms with Crippen molar-refractivity contribution in [3.8, 4) is 0 Å². The highest BCUT2D eigenvalue weighted by Crippen LogP contribution is 2.44. The Morgan fingerprint density at radius 3 is 2.79 bits per heavy atom. The maximum atomic E-state index is 15.3. The lowest BCUT2D eigenvalue weighted by molar-refractivity contribution is 0.0695. The van der Waals surface area contributed by atoms with Gasteiger partial charge in [-0.2, -0.15) is 0 Å². The van der Waals surface area contributed by atoms with Gasteiger partial charge in [0.15, 0.2) is 0 Å². The molecule has 1 aromatic carbocycles. The smallest absolute Gasteiger partial charge is 0.341 e. The fraction of sp³-hybridized carbons (Fsp3) is 0.429. The van der Waals surface area contributed by atoms with Gasteiger partial charge in [0.05, 0.1) is 16.6 Å². The van der Waals surface area contributed by atoms with Crippen LogP contribution in [-0.2, 0) is 0 Å². The Morgan fingerprint density at radius 1 is 1.32 bits per heavy atom. The SMILES string of the molecule is NC[C@@H]1CCN2c3c(F)cc4c(=O)c(C(=O)O)cn(C5CC5)c4c3C=CC[C@@H]12. The first-order chi connectivity index (χ1) is 13.5. The third-order valence-corrected chi connectivity index (χ3v) is 6.39. The van der Waals surface area contributed by atoms with Crippen LogP contribution in [0.4, 0.5) is 10.1 Å². The summed E-state index contributed by atoms with van der Waals surface area (Å²) in [7, 11) is 0. The van der Waals surface area contributed by atoms with Crippen molar-refractivity contribution in [3.05, 3.63) is 45.5 Å². The summed E-state index contributed by atoms with van der Waals surface area (Å²) in [6, 6.07) is 1.53. The minimum absolute atomic E-state index is 0.140. The number of nitrogens with zero attached hydrogens (tertiary/aromatic N) is 2. The number of aromatic nitrogens is 1. The predicted octanol–water partition coefficient (Wildman–Crippen LogP) is 2.74. The lowest BCUT2D eigenvalue weighted by Crippen LogP contribution is -2.35. The zero-order valence-electron chi connectivity index (χ0n) is 15.4. The maximum absolute atomic E-state index is 15.3. The van der Waals surface area contributed by atoms with E-state index in [0.717, 1.165) is 32.2 Å². The molecule has 146 valence electrons. The van der Waals surface area contributed by atoms with E-state index in [-0.39, 0.29) is 23.0 Å². The molecule has 0 radical (unpaired) electrons. The molecule has 7 heteroatoms. The Morgan fingerprint density at radius 2 is 2.11 bits per heavy atom. The van der Waals surface area contributed by atoms with Crippen LogP contribution in [0.2, 0.25) is 0 Å². The van der Waals surface area contributed by atoms with E-state index < -0.39 is 17.2 Å². The zero-order chi connectivity index (χ0) is 19.6. The van der Waals surface area contributed by atoms with Crippen molar-refractivity contribution in [1.82, 2.24) is 4.57 Å². The quantitative estimate of drug-likeness (QED) is 0.851. The Kier molecular flexibility index (Phi) is 3.84. The maximum Gasteiger partial charge on any atom is 0.341 e. The van der Waals surface area contributed by atoms with Crippen LogP contribution in [0.25, 0.3) is 17.0 Å². The van der Waals surface area contributed by atoms with Gasteiger partial charge in [-0.3, -0.25) is 4.79 Å². The molecule has 0 bridgehead atoms. The van der Waals surface area contributed by atoms with E-state index in [2.05, 4.69) is 4.90 Å². The van der Waals surface area contributed by atoms with Gasteiger partial charge in [-0.15, -0.1) is 0 Å². The standard InChI is InChI=1S/C21H22FN3O3/c22-16-8-14-18(25(12-4-5-12)10-15(20(14)26)21(27)28)13-2-1-3-17-11(9-23)6-7-24(17)19(13)16/h1-2,8,10-12,17H,3-7,9,23H2,(H,27,28)/t11-,17-/m0/s1. The summed E-state index contributed by atoms with van der Waals surface area (Å²) < 4.78 is 17.2. The molecule has 1 saturated carbocycles. The second-order valence-corrected chi connectivity index (χ2v) is 8.02. The molecule has 1 aromatic heterocycles. The van der Waals surface area contributed by atoms with Crippen LogP contribution in [0.3, 0.4) is 0 Å². The average molecular weight is 383 g/mol. The molecule has 0 amide bonds. The summed E-state index contributed by atoms with van der Waals surface area (Å²) >= 11 is 0. The summed E-state index contributed by atoms with van der Waals surface area (Å²) in [5, 5.41) is 9.58. The minimum atomic E-state index is -1.28. The second-order valence-electron chi connectivity index (χ2n) is 8.02. The molecule has 3 aliphatic rings. The van der Waals surface area contributed by atoms with Gasteiger partial charge < -0.3 is 20.3 Å². The molecule has 2 aromatic rings. The molecule has 0 spiro atoms. The normalized spacial score (nSPS) is 23.6. The van der Waals surface area contributed by atoms with Crippen LogP contribution in [0, 0.1) is 11.7 Å². The second kappa shape index (κ2) is 6.17. The number of hydrogen-bond donors (Lipinski definition) is 2. The summed E-state index contributed by atoms with van der Waals surface area (Å²) in [5.41, 5.74) is 6.83. The monoisotopic (exact) mass is 383 g/mol. The van der Waals surface area contributed by atoms with E-state index in [9.17, 15) is 14.7 Å². The van der Waals surface area contributed by atoms with E-state index in [0.29, 0.717) is 29.2 Å². The van der Waals surface area contributed by atoms with Crippen molar-refractivity contribution in [3.63, 3.8) is 0 Å². The van der Waals surface area contributed by atoms with Gasteiger partial charge in [-0.25, -0.2) is 9.18 Å². The fourth-order valence-electron chi connectivity index (χ4n) is 4.87. The molecule has 1 saturated heterocycles. The van der Waals surface area contributed by atoms with E-state index in [1.54, 1.807) is 0 Å². The number of pyridine rings is 1. The molecule has 2 fully saturated rings. The number of rotatable bonds is 3. The Labute approximate surface area is 161 Å². The van der Waals surface area contributed by atoms with Gasteiger partial charge in [0, 0.05) is 30.4 Å². The van der Waals surface area contributed by atoms with Gasteiger partial charge in [-0.05, 0) is 44.2 Å². The van der Waals surface area contributed by atoms with Gasteiger partial charge in [-0.1, -0.05) is 12.2 Å². The first-order valence-electron chi connectivity index (χ1n) is 9.79. The number of carboxylic acids is 1. The van der Waals surface area contributed by atoms with Crippen molar-refractivity contribution >= 4 is 28.6 Å². The van der Waals surface area contributed by atoms with Crippen molar-refractivity contribution in [2.45, 2.75) is 37.8 Å². The lowest BCUT2D eigenvalue weighted by atomic mass is 9.98. The number of nitrogens with two attached hydrogens (primary N) is 1. The zero-order valence-corrected chi connectivity index (χ0v) is 15.4. The van der Waals surface area contributed by atoms with Crippen LogP contribution < -0.4 is 16.1 Å². The number of fused-ring (bicyclic) bond motifs is 5. The first kappa shape index (κ1) is 17.4. The minimum Gasteiger partial charge on any atom is -0.477 e. The summed E-state index contributed by atoms with van der Waals surface area (Å²) in [5.74, 6) is -1.44. The van der Waals surface area contributed by atoms with Gasteiger partial charge in [0.2, 0.25) is 5.43 Å². The number of aromatic carboxylic acids is 1. The average Bonchev–Trinajstić information content (AvgIpc) is 3.46. The Hall–Kier alpha value is -2.67. The highest BCUT2D eigenvalue weighted by atomic mass is 19.1. The molecular weight excluding hydrogens is 361 g/mol. The third kappa shape index (κ3) is 2.42. The molecule has 6 nitrogen and oxygen atoms in total. The highest BCUT2D eigenvalue weighted by Gasteiger charge is 2.37. The van der Waals surface area contributed by atoms with E-state index in [1.807, 2.05) is 16.7 Å². The molecule has 3 N–H and O–H groups in total. The summed E-state index contributed by atoms with van der Waals surface area (Å²) in [4.78, 5) is 26.5. The molecule has 2 aliphatic heterocycles. The molecule has 5 rings (SSSR count). The van der Waals surface area contributed by atoms with Gasteiger partial charge in [0.25, 0.3) is 0 Å². The summed E-state index contributed by atoms with van der Waals surface area (Å²) in [6.45, 7) is 1.29. The van der Waals surface area contributed by atoms with Crippen LogP contribution in [0.1, 0.15) is 47.6 Å². The Balaban J connectivity index is 1.84. The van der Waals surface area contributed by atoms with E-state index >= 15 is 4.39 Å². The number of halogens is 1. The van der Waals surface area contributed by atoms with Gasteiger partial charge >= 0.3 is 5.97 Å². The van der Waals surface area contributed by atoms with Crippen molar-refractivity contribution in [2.24, 2.45) is 11.7 Å². The van der Waals surface area contributed by atoms with E-state index in [4.69, 9.17) is 5.73 Å². The largest absolute Gasteiger partial charge is 0.477 e. The molecular formula is C21H22FN3O3. The summed E-state index contributed by atoms with van der Waals surface area (Å²) in [6.07, 6.45) is 8.90. The molecule has 2 atom stereocenters. The van der Waals surface area contributed by atoms with Crippen molar-refractivity contribution in [1.29, 1.82) is 0 Å². The molecule has 3 heterocycles. The van der Waals surface area contributed by atoms with Crippen LogP contribution in [0.15, 0.2) is 23.1 Å². The Bertz CT molecular complexity index is 1090. The third-order valence-electron chi connectivity index (χ3n) is 6.39. The lowest BCUT2D eigenvalue weighted by Gasteiger charge is -2.30. The molecule has 1 aliphatic carbocycles. The number of anilines is 1. The topological polar surface area (TPSA) is 88.6 Å². The number of benzene rings is 1. The van der Waals surface area contributed by atoms with Crippen molar-refractivity contribution < 1.29 is 14.3 Å².